The molecule has 2 rings (SSSR count). The minimum Gasteiger partial charge on any atom is -0.346 e. The van der Waals surface area contributed by atoms with E-state index in [9.17, 15) is 26.4 Å². The van der Waals surface area contributed by atoms with Crippen LogP contribution < -0.4 is 5.32 Å². The molecule has 30 heavy (non-hydrogen) atoms. The molecule has 5 nitrogen and oxygen atoms in total. The van der Waals surface area contributed by atoms with Crippen LogP contribution in [0.15, 0.2) is 47.4 Å². The first kappa shape index (κ1) is 23.9. The third kappa shape index (κ3) is 5.20. The number of hydrogen-bond acceptors (Lipinski definition) is 3. The topological polar surface area (TPSA) is 66.5 Å². The number of halogens is 3. The van der Waals surface area contributed by atoms with Crippen LogP contribution in [0.3, 0.4) is 0 Å². The van der Waals surface area contributed by atoms with Gasteiger partial charge in [0, 0.05) is 18.7 Å². The fourth-order valence-electron chi connectivity index (χ4n) is 3.04. The van der Waals surface area contributed by atoms with Gasteiger partial charge in [-0.15, -0.1) is 0 Å². The first-order valence-electron chi connectivity index (χ1n) is 9.50. The lowest BCUT2D eigenvalue weighted by Gasteiger charge is -2.20. The standard InChI is InChI=1S/C21H25F3N2O3S/c1-5-26(6-2)30(28,29)18-12-7-14(3)19(13-18)20(27)25-15(4)16-8-10-17(11-9-16)21(22,23)24/h7-13,15H,5-6H2,1-4H3,(H,25,27). The largest absolute Gasteiger partial charge is 0.416 e. The van der Waals surface area contributed by atoms with Crippen molar-refractivity contribution in [1.29, 1.82) is 0 Å². The average molecular weight is 443 g/mol. The second-order valence-corrected chi connectivity index (χ2v) is 8.82. The zero-order valence-corrected chi connectivity index (χ0v) is 18.1. The maximum atomic E-state index is 12.8. The van der Waals surface area contributed by atoms with E-state index < -0.39 is 33.7 Å². The van der Waals surface area contributed by atoms with Crippen LogP contribution in [0.25, 0.3) is 0 Å². The van der Waals surface area contributed by atoms with Gasteiger partial charge < -0.3 is 5.32 Å². The number of rotatable bonds is 7. The summed E-state index contributed by atoms with van der Waals surface area (Å²) < 4.78 is 64.9. The number of alkyl halides is 3. The Balaban J connectivity index is 2.26. The molecule has 2 aromatic carbocycles. The third-order valence-corrected chi connectivity index (χ3v) is 6.93. The highest BCUT2D eigenvalue weighted by Gasteiger charge is 2.30. The van der Waals surface area contributed by atoms with Gasteiger partial charge in [-0.2, -0.15) is 17.5 Å². The van der Waals surface area contributed by atoms with Crippen molar-refractivity contribution in [2.75, 3.05) is 13.1 Å². The number of aryl methyl sites for hydroxylation is 1. The number of nitrogens with one attached hydrogen (secondary N) is 1. The molecule has 0 saturated heterocycles. The summed E-state index contributed by atoms with van der Waals surface area (Å²) in [6, 6.07) is 8.32. The van der Waals surface area contributed by atoms with E-state index in [-0.39, 0.29) is 10.5 Å². The van der Waals surface area contributed by atoms with Gasteiger partial charge in [-0.25, -0.2) is 8.42 Å². The van der Waals surface area contributed by atoms with E-state index >= 15 is 0 Å². The second kappa shape index (κ2) is 9.18. The number of hydrogen-bond donors (Lipinski definition) is 1. The molecule has 0 fully saturated rings. The lowest BCUT2D eigenvalue weighted by molar-refractivity contribution is -0.137. The molecule has 1 atom stereocenters. The van der Waals surface area contributed by atoms with Crippen molar-refractivity contribution >= 4 is 15.9 Å². The fraction of sp³-hybridized carbons (Fsp3) is 0.381. The maximum Gasteiger partial charge on any atom is 0.416 e. The highest BCUT2D eigenvalue weighted by molar-refractivity contribution is 7.89. The summed E-state index contributed by atoms with van der Waals surface area (Å²) >= 11 is 0. The van der Waals surface area contributed by atoms with Crippen molar-refractivity contribution in [3.8, 4) is 0 Å². The summed E-state index contributed by atoms with van der Waals surface area (Å²) in [6.07, 6.45) is -4.43. The Kier molecular flexibility index (Phi) is 7.31. The van der Waals surface area contributed by atoms with Gasteiger partial charge in [-0.05, 0) is 49.2 Å². The molecule has 9 heteroatoms. The molecule has 164 valence electrons. The van der Waals surface area contributed by atoms with E-state index in [1.165, 1.54) is 28.6 Å². The Morgan fingerprint density at radius 3 is 2.13 bits per heavy atom. The molecule has 1 unspecified atom stereocenters. The minimum absolute atomic E-state index is 0.0177. The zero-order valence-electron chi connectivity index (χ0n) is 17.2. The lowest BCUT2D eigenvalue weighted by atomic mass is 10.0. The normalized spacial score (nSPS) is 13.3. The Hall–Kier alpha value is -2.39. The van der Waals surface area contributed by atoms with Gasteiger partial charge in [0.15, 0.2) is 0 Å². The molecule has 0 aliphatic heterocycles. The molecule has 0 saturated carbocycles. The van der Waals surface area contributed by atoms with E-state index in [0.29, 0.717) is 24.2 Å². The van der Waals surface area contributed by atoms with Crippen molar-refractivity contribution in [2.24, 2.45) is 0 Å². The molecular weight excluding hydrogens is 417 g/mol. The smallest absolute Gasteiger partial charge is 0.346 e. The summed E-state index contributed by atoms with van der Waals surface area (Å²) in [6.45, 7) is 7.40. The minimum atomic E-state index is -4.43. The molecule has 0 radical (unpaired) electrons. The van der Waals surface area contributed by atoms with Crippen LogP contribution in [0.1, 0.15) is 53.9 Å². The van der Waals surface area contributed by atoms with Gasteiger partial charge in [-0.1, -0.05) is 32.0 Å². The molecular formula is C21H25F3N2O3S. The summed E-state index contributed by atoms with van der Waals surface area (Å²) in [5.41, 5.74) is 0.517. The van der Waals surface area contributed by atoms with Crippen molar-refractivity contribution in [3.63, 3.8) is 0 Å². The Labute approximate surface area is 175 Å². The van der Waals surface area contributed by atoms with Crippen LogP contribution >= 0.6 is 0 Å². The summed E-state index contributed by atoms with van der Waals surface area (Å²) in [5.74, 6) is -0.503. The van der Waals surface area contributed by atoms with Crippen molar-refractivity contribution < 1.29 is 26.4 Å². The highest BCUT2D eigenvalue weighted by atomic mass is 32.2. The Morgan fingerprint density at radius 1 is 1.07 bits per heavy atom. The Bertz CT molecular complexity index is 999. The van der Waals surface area contributed by atoms with Gasteiger partial charge in [0.05, 0.1) is 16.5 Å². The highest BCUT2D eigenvalue weighted by Crippen LogP contribution is 2.30. The molecule has 0 aliphatic carbocycles. The van der Waals surface area contributed by atoms with Crippen LogP contribution in [0.2, 0.25) is 0 Å². The first-order valence-corrected chi connectivity index (χ1v) is 10.9. The van der Waals surface area contributed by atoms with Crippen LogP contribution in [0, 0.1) is 6.92 Å². The number of nitrogens with zero attached hydrogens (tertiary/aromatic N) is 1. The molecule has 1 N–H and O–H groups in total. The van der Waals surface area contributed by atoms with Gasteiger partial charge in [0.2, 0.25) is 10.0 Å². The van der Waals surface area contributed by atoms with Crippen LogP contribution in [-0.2, 0) is 16.2 Å². The SMILES string of the molecule is CCN(CC)S(=O)(=O)c1ccc(C)c(C(=O)NC(C)c2ccc(C(F)(F)F)cc2)c1. The molecule has 0 bridgehead atoms. The third-order valence-electron chi connectivity index (χ3n) is 4.88. The predicted molar refractivity (Wildman–Crippen MR) is 109 cm³/mol. The van der Waals surface area contributed by atoms with Gasteiger partial charge in [-0.3, -0.25) is 4.79 Å². The van der Waals surface area contributed by atoms with E-state index in [2.05, 4.69) is 5.32 Å². The molecule has 1 amide bonds. The summed E-state index contributed by atoms with van der Waals surface area (Å²) in [4.78, 5) is 12.8. The summed E-state index contributed by atoms with van der Waals surface area (Å²) in [7, 11) is -3.73. The van der Waals surface area contributed by atoms with Crippen LogP contribution in [0.4, 0.5) is 13.2 Å². The molecule has 2 aromatic rings. The van der Waals surface area contributed by atoms with Gasteiger partial charge >= 0.3 is 6.18 Å². The quantitative estimate of drug-likeness (QED) is 0.685. The number of benzene rings is 2. The van der Waals surface area contributed by atoms with Crippen molar-refractivity contribution in [3.05, 3.63) is 64.7 Å². The van der Waals surface area contributed by atoms with Crippen molar-refractivity contribution in [2.45, 2.75) is 44.8 Å². The molecule has 0 aliphatic rings. The lowest BCUT2D eigenvalue weighted by Crippen LogP contribution is -2.31. The van der Waals surface area contributed by atoms with E-state index in [0.717, 1.165) is 12.1 Å². The molecule has 0 spiro atoms. The molecule has 0 heterocycles. The number of sulfonamides is 1. The summed E-state index contributed by atoms with van der Waals surface area (Å²) in [5, 5.41) is 2.72. The number of carbonyl (C=O) groups is 1. The number of carbonyl (C=O) groups excluding carboxylic acids is 1. The van der Waals surface area contributed by atoms with Crippen LogP contribution in [0.5, 0.6) is 0 Å². The Morgan fingerprint density at radius 2 is 1.63 bits per heavy atom. The van der Waals surface area contributed by atoms with Crippen LogP contribution in [-0.4, -0.2) is 31.7 Å². The van der Waals surface area contributed by atoms with Gasteiger partial charge in [0.25, 0.3) is 5.91 Å². The number of amides is 1. The zero-order chi connectivity index (χ0) is 22.7. The molecule has 0 aromatic heterocycles. The van der Waals surface area contributed by atoms with E-state index in [1.54, 1.807) is 33.8 Å². The van der Waals surface area contributed by atoms with Crippen molar-refractivity contribution in [1.82, 2.24) is 9.62 Å². The first-order chi connectivity index (χ1) is 13.9. The maximum absolute atomic E-state index is 12.8. The predicted octanol–water partition coefficient (Wildman–Crippen LogP) is 4.54. The monoisotopic (exact) mass is 442 g/mol. The fourth-order valence-corrected chi connectivity index (χ4v) is 4.52. The van der Waals surface area contributed by atoms with E-state index in [1.807, 2.05) is 0 Å². The average Bonchev–Trinajstić information content (AvgIpc) is 2.68. The van der Waals surface area contributed by atoms with E-state index in [4.69, 9.17) is 0 Å². The van der Waals surface area contributed by atoms with Gasteiger partial charge in [0.1, 0.15) is 0 Å². The second-order valence-electron chi connectivity index (χ2n) is 6.88.